The number of aromatic nitrogens is 3. The van der Waals surface area contributed by atoms with Crippen molar-refractivity contribution in [2.45, 2.75) is 0 Å². The summed E-state index contributed by atoms with van der Waals surface area (Å²) in [5.74, 6) is 0. The molecule has 0 spiro atoms. The van der Waals surface area contributed by atoms with Gasteiger partial charge in [-0.25, -0.2) is 0 Å². The Morgan fingerprint density at radius 1 is 0.404 bits per heavy atom. The molecule has 0 unspecified atom stereocenters. The third kappa shape index (κ3) is 4.61. The molecule has 0 aliphatic carbocycles. The fourth-order valence-corrected chi connectivity index (χ4v) is 9.38. The molecule has 3 aromatic heterocycles. The Morgan fingerprint density at radius 2 is 0.895 bits per heavy atom. The first-order valence-corrected chi connectivity index (χ1v) is 19.2. The van der Waals surface area contributed by atoms with Crippen molar-refractivity contribution in [1.29, 1.82) is 5.26 Å². The van der Waals surface area contributed by atoms with E-state index in [4.69, 9.17) is 9.97 Å². The molecule has 0 radical (unpaired) electrons. The molecular formula is C53H30N4. The lowest BCUT2D eigenvalue weighted by Gasteiger charge is -2.18. The molecule has 57 heavy (non-hydrogen) atoms. The molecule has 0 amide bonds. The maximum atomic E-state index is 10.1. The lowest BCUT2D eigenvalue weighted by atomic mass is 9.85. The molecule has 0 saturated heterocycles. The zero-order valence-electron chi connectivity index (χ0n) is 30.6. The van der Waals surface area contributed by atoms with Crippen LogP contribution in [0.2, 0.25) is 0 Å². The van der Waals surface area contributed by atoms with Crippen LogP contribution in [-0.2, 0) is 0 Å². The lowest BCUT2D eigenvalue weighted by Crippen LogP contribution is -1.93. The molecule has 0 fully saturated rings. The van der Waals surface area contributed by atoms with Gasteiger partial charge < -0.3 is 4.57 Å². The van der Waals surface area contributed by atoms with Gasteiger partial charge in [-0.1, -0.05) is 97.1 Å². The van der Waals surface area contributed by atoms with Gasteiger partial charge in [0.15, 0.2) is 0 Å². The van der Waals surface area contributed by atoms with Crippen molar-refractivity contribution in [3.63, 3.8) is 0 Å². The van der Waals surface area contributed by atoms with Crippen molar-refractivity contribution in [2.24, 2.45) is 0 Å². The number of para-hydroxylation sites is 1. The van der Waals surface area contributed by atoms with Gasteiger partial charge in [0.1, 0.15) is 0 Å². The van der Waals surface area contributed by atoms with Gasteiger partial charge in [0, 0.05) is 45.4 Å². The summed E-state index contributed by atoms with van der Waals surface area (Å²) in [6.07, 6.45) is 3.70. The van der Waals surface area contributed by atoms with Crippen LogP contribution in [0.15, 0.2) is 182 Å². The van der Waals surface area contributed by atoms with Crippen molar-refractivity contribution < 1.29 is 0 Å². The molecule has 0 aliphatic rings. The van der Waals surface area contributed by atoms with E-state index in [2.05, 4.69) is 150 Å². The quantitative estimate of drug-likeness (QED) is 0.166. The number of hydrogen-bond acceptors (Lipinski definition) is 3. The SMILES string of the molecule is N#Cc1ccc2c3c1ccc1c(-c4ccc5ccc6c(-c7cc(-c8ccccn8)cc(-c8ccccn8)c7)ccc7ccc4c5c76)ccc(c13)n2-c1ccccc1. The Kier molecular flexibility index (Phi) is 6.66. The van der Waals surface area contributed by atoms with E-state index in [-0.39, 0.29) is 0 Å². The van der Waals surface area contributed by atoms with Crippen LogP contribution in [0.5, 0.6) is 0 Å². The number of nitrogens with zero attached hydrogens (tertiary/aromatic N) is 4. The van der Waals surface area contributed by atoms with E-state index in [1.54, 1.807) is 0 Å². The highest BCUT2D eigenvalue weighted by molar-refractivity contribution is 6.31. The van der Waals surface area contributed by atoms with E-state index in [1.807, 2.05) is 42.7 Å². The number of benzene rings is 9. The van der Waals surface area contributed by atoms with Crippen LogP contribution in [0.3, 0.4) is 0 Å². The predicted octanol–water partition coefficient (Wildman–Crippen LogP) is 13.6. The first-order chi connectivity index (χ1) is 28.2. The second-order valence-electron chi connectivity index (χ2n) is 14.8. The van der Waals surface area contributed by atoms with Crippen molar-refractivity contribution in [1.82, 2.24) is 14.5 Å². The van der Waals surface area contributed by atoms with Crippen molar-refractivity contribution >= 4 is 64.9 Å². The summed E-state index contributed by atoms with van der Waals surface area (Å²) >= 11 is 0. The maximum Gasteiger partial charge on any atom is 0.0998 e. The second kappa shape index (κ2) is 12.1. The molecule has 12 rings (SSSR count). The van der Waals surface area contributed by atoms with Crippen LogP contribution in [0, 0.1) is 11.3 Å². The van der Waals surface area contributed by atoms with Crippen LogP contribution < -0.4 is 0 Å². The minimum absolute atomic E-state index is 0.693. The van der Waals surface area contributed by atoms with Crippen LogP contribution in [0.4, 0.5) is 0 Å². The van der Waals surface area contributed by atoms with Crippen LogP contribution in [-0.4, -0.2) is 14.5 Å². The molecule has 0 aliphatic heterocycles. The van der Waals surface area contributed by atoms with E-state index in [0.29, 0.717) is 5.56 Å². The number of rotatable bonds is 5. The molecule has 12 aromatic rings. The van der Waals surface area contributed by atoms with Crippen molar-refractivity contribution in [2.75, 3.05) is 0 Å². The summed E-state index contributed by atoms with van der Waals surface area (Å²) in [4.78, 5) is 9.45. The monoisotopic (exact) mass is 722 g/mol. The molecule has 4 nitrogen and oxygen atoms in total. The average Bonchev–Trinajstić information content (AvgIpc) is 3.63. The van der Waals surface area contributed by atoms with Crippen molar-refractivity contribution in [3.05, 3.63) is 188 Å². The van der Waals surface area contributed by atoms with Gasteiger partial charge in [0.25, 0.3) is 0 Å². The summed E-state index contributed by atoms with van der Waals surface area (Å²) in [6, 6.07) is 63.0. The Morgan fingerprint density at radius 3 is 1.53 bits per heavy atom. The zero-order valence-corrected chi connectivity index (χ0v) is 30.6. The van der Waals surface area contributed by atoms with Gasteiger partial charge in [-0.05, 0) is 133 Å². The summed E-state index contributed by atoms with van der Waals surface area (Å²) in [5.41, 5.74) is 12.7. The highest BCUT2D eigenvalue weighted by Gasteiger charge is 2.22. The lowest BCUT2D eigenvalue weighted by molar-refractivity contribution is 1.18. The first-order valence-electron chi connectivity index (χ1n) is 19.2. The van der Waals surface area contributed by atoms with E-state index in [1.165, 1.54) is 59.8 Å². The Bertz CT molecular complexity index is 3500. The molecule has 0 atom stereocenters. The van der Waals surface area contributed by atoms with Crippen molar-refractivity contribution in [3.8, 4) is 56.5 Å². The van der Waals surface area contributed by atoms with E-state index >= 15 is 0 Å². The van der Waals surface area contributed by atoms with Gasteiger partial charge >= 0.3 is 0 Å². The van der Waals surface area contributed by atoms with Gasteiger partial charge in [-0.2, -0.15) is 5.26 Å². The predicted molar refractivity (Wildman–Crippen MR) is 235 cm³/mol. The topological polar surface area (TPSA) is 54.5 Å². The fourth-order valence-electron chi connectivity index (χ4n) is 9.38. The van der Waals surface area contributed by atoms with E-state index < -0.39 is 0 Å². The summed E-state index contributed by atoms with van der Waals surface area (Å²) in [6.45, 7) is 0. The maximum absolute atomic E-state index is 10.1. The molecule has 4 heteroatoms. The van der Waals surface area contributed by atoms with E-state index in [0.717, 1.165) is 55.6 Å². The summed E-state index contributed by atoms with van der Waals surface area (Å²) in [7, 11) is 0. The molecule has 0 N–H and O–H groups in total. The smallest absolute Gasteiger partial charge is 0.0998 e. The average molecular weight is 723 g/mol. The number of pyridine rings is 2. The summed E-state index contributed by atoms with van der Waals surface area (Å²) < 4.78 is 2.34. The normalized spacial score (nSPS) is 11.8. The highest BCUT2D eigenvalue weighted by atomic mass is 15.0. The third-order valence-corrected chi connectivity index (χ3v) is 11.9. The number of nitriles is 1. The third-order valence-electron chi connectivity index (χ3n) is 11.9. The minimum atomic E-state index is 0.693. The van der Waals surface area contributed by atoms with E-state index in [9.17, 15) is 5.26 Å². The molecule has 0 bridgehead atoms. The molecule has 3 heterocycles. The largest absolute Gasteiger partial charge is 0.309 e. The molecule has 262 valence electrons. The first kappa shape index (κ1) is 31.5. The van der Waals surface area contributed by atoms with Crippen LogP contribution >= 0.6 is 0 Å². The Labute approximate surface area is 327 Å². The van der Waals surface area contributed by atoms with Gasteiger partial charge in [0.2, 0.25) is 0 Å². The van der Waals surface area contributed by atoms with Gasteiger partial charge in [-0.15, -0.1) is 0 Å². The standard InChI is InChI=1S/C53H30N4/c54-31-34-16-24-48-52-40(34)21-22-45-42(23-25-49(53(45)52)57(48)38-8-2-1-3-9-38)41-18-13-33-14-19-43-39(17-12-32-15-20-44(41)51(33)50(32)43)35-28-36(46-10-4-6-26-55-46)30-37(29-35)47-11-5-7-27-56-47/h1-30H. The second-order valence-corrected chi connectivity index (χ2v) is 14.8. The van der Waals surface area contributed by atoms with Gasteiger partial charge in [0.05, 0.1) is 34.1 Å². The summed E-state index contributed by atoms with van der Waals surface area (Å²) in [5, 5.41) is 22.0. The molecular weight excluding hydrogens is 693 g/mol. The Hall–Kier alpha value is -7.87. The van der Waals surface area contributed by atoms with Crippen LogP contribution in [0.1, 0.15) is 5.56 Å². The van der Waals surface area contributed by atoms with Gasteiger partial charge in [-0.3, -0.25) is 9.97 Å². The fraction of sp³-hybridized carbons (Fsp3) is 0. The highest BCUT2D eigenvalue weighted by Crippen LogP contribution is 2.47. The molecule has 9 aromatic carbocycles. The number of hydrogen-bond donors (Lipinski definition) is 0. The minimum Gasteiger partial charge on any atom is -0.309 e. The zero-order chi connectivity index (χ0) is 37.6. The van der Waals surface area contributed by atoms with Crippen LogP contribution in [0.25, 0.3) is 115 Å². The molecule has 0 saturated carbocycles. The Balaban J connectivity index is 1.11.